The van der Waals surface area contributed by atoms with Crippen molar-refractivity contribution in [2.24, 2.45) is 5.92 Å². The molecule has 2 rings (SSSR count). The third-order valence-corrected chi connectivity index (χ3v) is 4.24. The summed E-state index contributed by atoms with van der Waals surface area (Å²) in [5.41, 5.74) is 0. The number of aliphatic carboxylic acids is 1. The van der Waals surface area contributed by atoms with Crippen molar-refractivity contribution in [1.29, 1.82) is 0 Å². The van der Waals surface area contributed by atoms with Crippen LogP contribution in [0.5, 0.6) is 0 Å². The molecule has 2 aliphatic rings. The molecule has 2 aliphatic heterocycles. The molecule has 1 amide bonds. The largest absolute Gasteiger partial charge is 0.481 e. The molecule has 0 radical (unpaired) electrons. The van der Waals surface area contributed by atoms with Gasteiger partial charge < -0.3 is 19.5 Å². The van der Waals surface area contributed by atoms with Gasteiger partial charge in [0.05, 0.1) is 13.2 Å². The summed E-state index contributed by atoms with van der Waals surface area (Å²) in [4.78, 5) is 24.9. The summed E-state index contributed by atoms with van der Waals surface area (Å²) in [5.74, 6) is -0.497. The van der Waals surface area contributed by atoms with Gasteiger partial charge in [0.2, 0.25) is 5.91 Å². The number of methoxy groups -OCH3 is 1. The van der Waals surface area contributed by atoms with Crippen LogP contribution in [0.3, 0.4) is 0 Å². The highest BCUT2D eigenvalue weighted by molar-refractivity contribution is 5.78. The molecule has 6 nitrogen and oxygen atoms in total. The van der Waals surface area contributed by atoms with E-state index in [2.05, 4.69) is 0 Å². The molecule has 2 heterocycles. The molecule has 0 aromatic carbocycles. The van der Waals surface area contributed by atoms with Crippen molar-refractivity contribution in [1.82, 2.24) is 4.90 Å². The first-order valence-corrected chi connectivity index (χ1v) is 7.21. The Balaban J connectivity index is 1.82. The van der Waals surface area contributed by atoms with Crippen LogP contribution >= 0.6 is 0 Å². The van der Waals surface area contributed by atoms with Gasteiger partial charge in [-0.05, 0) is 31.6 Å². The molecule has 0 saturated carbocycles. The van der Waals surface area contributed by atoms with E-state index < -0.39 is 5.97 Å². The van der Waals surface area contributed by atoms with E-state index in [1.165, 1.54) is 0 Å². The Kier molecular flexibility index (Phi) is 5.37. The number of piperidine rings is 1. The predicted molar refractivity (Wildman–Crippen MR) is 71.3 cm³/mol. The second-order valence-electron chi connectivity index (χ2n) is 5.67. The molecular weight excluding hydrogens is 262 g/mol. The highest BCUT2D eigenvalue weighted by atomic mass is 16.5. The van der Waals surface area contributed by atoms with Crippen LogP contribution < -0.4 is 0 Å². The average molecular weight is 285 g/mol. The Morgan fingerprint density at radius 2 is 1.85 bits per heavy atom. The predicted octanol–water partition coefficient (Wildman–Crippen LogP) is 0.894. The summed E-state index contributed by atoms with van der Waals surface area (Å²) in [5, 5.41) is 8.89. The van der Waals surface area contributed by atoms with Crippen LogP contribution in [-0.4, -0.2) is 60.9 Å². The second-order valence-corrected chi connectivity index (χ2v) is 5.67. The zero-order valence-electron chi connectivity index (χ0n) is 11.9. The summed E-state index contributed by atoms with van der Waals surface area (Å²) >= 11 is 0. The van der Waals surface area contributed by atoms with Gasteiger partial charge in [-0.25, -0.2) is 0 Å². The van der Waals surface area contributed by atoms with E-state index in [9.17, 15) is 9.59 Å². The molecule has 0 aromatic rings. The molecule has 6 heteroatoms. The van der Waals surface area contributed by atoms with Crippen LogP contribution in [0, 0.1) is 5.92 Å². The summed E-state index contributed by atoms with van der Waals surface area (Å²) in [6.07, 6.45) is 3.83. The molecule has 2 bridgehead atoms. The molecular formula is C14H23NO5. The van der Waals surface area contributed by atoms with Crippen LogP contribution in [-0.2, 0) is 19.1 Å². The van der Waals surface area contributed by atoms with Gasteiger partial charge in [0.25, 0.3) is 0 Å². The lowest BCUT2D eigenvalue weighted by Crippen LogP contribution is -2.48. The normalized spacial score (nSPS) is 28.6. The molecule has 2 unspecified atom stereocenters. The van der Waals surface area contributed by atoms with Crippen LogP contribution in [0.2, 0.25) is 0 Å². The minimum atomic E-state index is -0.739. The summed E-state index contributed by atoms with van der Waals surface area (Å²) in [6, 6.07) is 0.410. The number of amides is 1. The quantitative estimate of drug-likeness (QED) is 0.703. The number of carbonyl (C=O) groups excluding carboxylic acids is 1. The summed E-state index contributed by atoms with van der Waals surface area (Å²) in [6.45, 7) is 1.01. The van der Waals surface area contributed by atoms with Crippen LogP contribution in [0.25, 0.3) is 0 Å². The lowest BCUT2D eigenvalue weighted by molar-refractivity contribution is -0.143. The first-order valence-electron chi connectivity index (χ1n) is 7.21. The lowest BCUT2D eigenvalue weighted by Gasteiger charge is -2.38. The van der Waals surface area contributed by atoms with Crippen molar-refractivity contribution in [3.8, 4) is 0 Å². The fourth-order valence-corrected chi connectivity index (χ4v) is 3.49. The number of carbonyl (C=O) groups is 2. The van der Waals surface area contributed by atoms with E-state index in [-0.39, 0.29) is 36.9 Å². The fourth-order valence-electron chi connectivity index (χ4n) is 3.49. The van der Waals surface area contributed by atoms with Crippen molar-refractivity contribution < 1.29 is 24.2 Å². The van der Waals surface area contributed by atoms with E-state index in [0.717, 1.165) is 25.7 Å². The average Bonchev–Trinajstić information content (AvgIpc) is 2.66. The van der Waals surface area contributed by atoms with E-state index in [4.69, 9.17) is 14.6 Å². The van der Waals surface area contributed by atoms with Crippen LogP contribution in [0.15, 0.2) is 0 Å². The maximum atomic E-state index is 12.2. The van der Waals surface area contributed by atoms with Gasteiger partial charge in [-0.15, -0.1) is 0 Å². The van der Waals surface area contributed by atoms with E-state index in [0.29, 0.717) is 13.2 Å². The highest BCUT2D eigenvalue weighted by Gasteiger charge is 2.43. The van der Waals surface area contributed by atoms with Gasteiger partial charge in [-0.1, -0.05) is 0 Å². The third kappa shape index (κ3) is 3.70. The molecule has 2 saturated heterocycles. The van der Waals surface area contributed by atoms with Gasteiger partial charge in [0, 0.05) is 25.6 Å². The first-order chi connectivity index (χ1) is 9.61. The molecule has 114 valence electrons. The Bertz CT molecular complexity index is 345. The zero-order valence-corrected chi connectivity index (χ0v) is 11.9. The van der Waals surface area contributed by atoms with Crippen molar-refractivity contribution in [2.45, 2.75) is 44.2 Å². The Morgan fingerprint density at radius 1 is 1.20 bits per heavy atom. The Hall–Kier alpha value is -1.14. The fraction of sp³-hybridized carbons (Fsp3) is 0.857. The number of carboxylic acid groups (broad SMARTS) is 1. The number of nitrogens with zero attached hydrogens (tertiary/aromatic N) is 1. The molecule has 20 heavy (non-hydrogen) atoms. The number of carboxylic acids is 1. The molecule has 2 atom stereocenters. The minimum Gasteiger partial charge on any atom is -0.481 e. The molecule has 1 N–H and O–H groups in total. The number of fused-ring (bicyclic) bond motifs is 2. The number of ether oxygens (including phenoxy) is 2. The monoisotopic (exact) mass is 285 g/mol. The Morgan fingerprint density at radius 3 is 2.40 bits per heavy atom. The SMILES string of the molecule is COCCOCC(=O)N1C2CCC1CC(CC(=O)O)C2. The molecule has 0 aliphatic carbocycles. The minimum absolute atomic E-state index is 0.0300. The molecule has 2 fully saturated rings. The van der Waals surface area contributed by atoms with Crippen molar-refractivity contribution in [3.63, 3.8) is 0 Å². The topological polar surface area (TPSA) is 76.1 Å². The summed E-state index contributed by atoms with van der Waals surface area (Å²) < 4.78 is 10.2. The standard InChI is InChI=1S/C14H23NO5/c1-19-4-5-20-9-13(16)15-11-2-3-12(15)7-10(6-11)8-14(17)18/h10-12H,2-9H2,1H3,(H,17,18). The zero-order chi connectivity index (χ0) is 14.5. The maximum absolute atomic E-state index is 12.2. The smallest absolute Gasteiger partial charge is 0.303 e. The number of hydrogen-bond donors (Lipinski definition) is 1. The van der Waals surface area contributed by atoms with Gasteiger partial charge in [-0.3, -0.25) is 9.59 Å². The van der Waals surface area contributed by atoms with Gasteiger partial charge in [0.15, 0.2) is 0 Å². The van der Waals surface area contributed by atoms with E-state index in [1.54, 1.807) is 7.11 Å². The van der Waals surface area contributed by atoms with Gasteiger partial charge in [-0.2, -0.15) is 0 Å². The van der Waals surface area contributed by atoms with E-state index in [1.807, 2.05) is 4.90 Å². The maximum Gasteiger partial charge on any atom is 0.303 e. The van der Waals surface area contributed by atoms with Crippen molar-refractivity contribution in [3.05, 3.63) is 0 Å². The molecule has 0 aromatic heterocycles. The van der Waals surface area contributed by atoms with Gasteiger partial charge >= 0.3 is 5.97 Å². The third-order valence-electron chi connectivity index (χ3n) is 4.24. The van der Waals surface area contributed by atoms with E-state index >= 15 is 0 Å². The Labute approximate surface area is 119 Å². The number of rotatable bonds is 7. The molecule has 0 spiro atoms. The van der Waals surface area contributed by atoms with Gasteiger partial charge in [0.1, 0.15) is 6.61 Å². The highest BCUT2D eigenvalue weighted by Crippen LogP contribution is 2.39. The number of hydrogen-bond acceptors (Lipinski definition) is 4. The van der Waals surface area contributed by atoms with Crippen molar-refractivity contribution >= 4 is 11.9 Å². The first kappa shape index (κ1) is 15.3. The second kappa shape index (κ2) is 7.04. The van der Waals surface area contributed by atoms with Crippen LogP contribution in [0.4, 0.5) is 0 Å². The summed E-state index contributed by atoms with van der Waals surface area (Å²) in [7, 11) is 1.60. The van der Waals surface area contributed by atoms with Crippen molar-refractivity contribution in [2.75, 3.05) is 26.9 Å². The lowest BCUT2D eigenvalue weighted by atomic mass is 9.88. The van der Waals surface area contributed by atoms with Crippen LogP contribution in [0.1, 0.15) is 32.1 Å².